The van der Waals surface area contributed by atoms with E-state index in [1.807, 2.05) is 30.3 Å². The van der Waals surface area contributed by atoms with E-state index in [1.165, 1.54) is 24.8 Å². The van der Waals surface area contributed by atoms with E-state index in [0.29, 0.717) is 18.4 Å². The highest BCUT2D eigenvalue weighted by molar-refractivity contribution is 5.46. The number of piperidine rings is 1. The number of hydrogen-bond acceptors (Lipinski definition) is 4. The van der Waals surface area contributed by atoms with E-state index in [-0.39, 0.29) is 12.6 Å². The maximum atomic E-state index is 13.4. The molecule has 2 aliphatic heterocycles. The summed E-state index contributed by atoms with van der Waals surface area (Å²) in [7, 11) is 0. The third-order valence-corrected chi connectivity index (χ3v) is 6.00. The summed E-state index contributed by atoms with van der Waals surface area (Å²) in [5.74, 6) is 2.87. The van der Waals surface area contributed by atoms with Crippen molar-refractivity contribution in [3.05, 3.63) is 53.8 Å². The number of unbranched alkanes of at least 4 members (excludes halogenated alkanes) is 2. The van der Waals surface area contributed by atoms with Crippen LogP contribution >= 0.6 is 0 Å². The molecule has 2 atom stereocenters. The molecular weight excluding hydrogens is 369 g/mol. The van der Waals surface area contributed by atoms with Gasteiger partial charge in [-0.1, -0.05) is 31.9 Å². The number of nitrogens with zero attached hydrogens (tertiary/aromatic N) is 1. The van der Waals surface area contributed by atoms with Gasteiger partial charge in [-0.2, -0.15) is 0 Å². The summed E-state index contributed by atoms with van der Waals surface area (Å²) in [6.45, 7) is 6.38. The summed E-state index contributed by atoms with van der Waals surface area (Å²) in [6, 6.07) is 12.7. The first-order chi connectivity index (χ1) is 14.2. The molecule has 0 bridgehead atoms. The number of likely N-dealkylation sites (tertiary alicyclic amines) is 1. The third-order valence-electron chi connectivity index (χ3n) is 6.00. The number of halogens is 1. The molecule has 156 valence electrons. The molecule has 1 fully saturated rings. The molecule has 5 heteroatoms. The lowest BCUT2D eigenvalue weighted by Gasteiger charge is -2.39. The van der Waals surface area contributed by atoms with E-state index < -0.39 is 0 Å². The summed E-state index contributed by atoms with van der Waals surface area (Å²) in [5, 5.41) is 0. The summed E-state index contributed by atoms with van der Waals surface area (Å²) in [5.41, 5.74) is 1.21. The molecule has 0 amide bonds. The fourth-order valence-corrected chi connectivity index (χ4v) is 4.38. The van der Waals surface area contributed by atoms with E-state index in [1.54, 1.807) is 12.1 Å². The van der Waals surface area contributed by atoms with E-state index in [9.17, 15) is 4.39 Å². The third kappa shape index (κ3) is 5.02. The van der Waals surface area contributed by atoms with Crippen LogP contribution in [0.25, 0.3) is 0 Å². The zero-order chi connectivity index (χ0) is 20.1. The highest BCUT2D eigenvalue weighted by Crippen LogP contribution is 2.37. The summed E-state index contributed by atoms with van der Waals surface area (Å²) < 4.78 is 30.4. The minimum atomic E-state index is -0.182. The van der Waals surface area contributed by atoms with Crippen LogP contribution in [0.5, 0.6) is 17.2 Å². The fraction of sp³-hybridized carbons (Fsp3) is 0.500. The largest absolute Gasteiger partial charge is 0.493 e. The van der Waals surface area contributed by atoms with Gasteiger partial charge >= 0.3 is 0 Å². The van der Waals surface area contributed by atoms with Crippen LogP contribution in [0.2, 0.25) is 0 Å². The average molecular weight is 400 g/mol. The van der Waals surface area contributed by atoms with Gasteiger partial charge in [0.05, 0.1) is 6.61 Å². The number of fused-ring (bicyclic) bond motifs is 1. The SMILES string of the molecule is CCCCCN1CC[C@H](c2ccc(F)cc2)[C@@H](COc2ccc3c(c2)OCO3)C1. The molecule has 4 rings (SSSR count). The molecule has 2 heterocycles. The van der Waals surface area contributed by atoms with Crippen molar-refractivity contribution in [3.8, 4) is 17.2 Å². The lowest BCUT2D eigenvalue weighted by molar-refractivity contribution is 0.109. The minimum absolute atomic E-state index is 0.182. The molecule has 1 saturated heterocycles. The van der Waals surface area contributed by atoms with Gasteiger partial charge in [0.15, 0.2) is 11.5 Å². The van der Waals surface area contributed by atoms with Gasteiger partial charge in [0.25, 0.3) is 0 Å². The molecule has 0 spiro atoms. The first kappa shape index (κ1) is 20.0. The van der Waals surface area contributed by atoms with Gasteiger partial charge < -0.3 is 19.1 Å². The Kier molecular flexibility index (Phi) is 6.55. The van der Waals surface area contributed by atoms with E-state index in [0.717, 1.165) is 43.3 Å². The first-order valence-corrected chi connectivity index (χ1v) is 10.7. The van der Waals surface area contributed by atoms with Crippen LogP contribution in [0.1, 0.15) is 44.1 Å². The molecule has 0 radical (unpaired) electrons. The van der Waals surface area contributed by atoms with Crippen molar-refractivity contribution in [2.24, 2.45) is 5.92 Å². The Bertz CT molecular complexity index is 795. The number of hydrogen-bond donors (Lipinski definition) is 0. The van der Waals surface area contributed by atoms with E-state index >= 15 is 0 Å². The van der Waals surface area contributed by atoms with E-state index in [2.05, 4.69) is 11.8 Å². The lowest BCUT2D eigenvalue weighted by Crippen LogP contribution is -2.42. The van der Waals surface area contributed by atoms with Crippen molar-refractivity contribution < 1.29 is 18.6 Å². The maximum absolute atomic E-state index is 13.4. The Morgan fingerprint density at radius 3 is 2.72 bits per heavy atom. The Hall–Kier alpha value is -2.27. The first-order valence-electron chi connectivity index (χ1n) is 10.7. The lowest BCUT2D eigenvalue weighted by atomic mass is 9.80. The highest BCUT2D eigenvalue weighted by atomic mass is 19.1. The van der Waals surface area contributed by atoms with Gasteiger partial charge in [-0.15, -0.1) is 0 Å². The Balaban J connectivity index is 1.44. The van der Waals surface area contributed by atoms with Gasteiger partial charge in [-0.25, -0.2) is 4.39 Å². The van der Waals surface area contributed by atoms with Crippen LogP contribution < -0.4 is 14.2 Å². The zero-order valence-electron chi connectivity index (χ0n) is 17.1. The van der Waals surface area contributed by atoms with Crippen LogP contribution in [-0.4, -0.2) is 37.9 Å². The summed E-state index contributed by atoms with van der Waals surface area (Å²) in [6.07, 6.45) is 4.83. The van der Waals surface area contributed by atoms with Crippen LogP contribution in [0.4, 0.5) is 4.39 Å². The van der Waals surface area contributed by atoms with Gasteiger partial charge in [0.1, 0.15) is 11.6 Å². The molecule has 0 N–H and O–H groups in total. The van der Waals surface area contributed by atoms with Crippen molar-refractivity contribution in [1.29, 1.82) is 0 Å². The Morgan fingerprint density at radius 2 is 1.90 bits per heavy atom. The van der Waals surface area contributed by atoms with Gasteiger partial charge in [0.2, 0.25) is 6.79 Å². The second-order valence-corrected chi connectivity index (χ2v) is 8.04. The number of ether oxygens (including phenoxy) is 3. The van der Waals surface area contributed by atoms with Crippen molar-refractivity contribution in [1.82, 2.24) is 4.90 Å². The number of rotatable bonds is 8. The highest BCUT2D eigenvalue weighted by Gasteiger charge is 2.31. The maximum Gasteiger partial charge on any atom is 0.231 e. The molecule has 2 aromatic carbocycles. The van der Waals surface area contributed by atoms with Crippen molar-refractivity contribution in [3.63, 3.8) is 0 Å². The second kappa shape index (κ2) is 9.49. The van der Waals surface area contributed by atoms with Crippen molar-refractivity contribution >= 4 is 0 Å². The molecule has 0 unspecified atom stereocenters. The van der Waals surface area contributed by atoms with Gasteiger partial charge in [-0.05, 0) is 61.7 Å². The topological polar surface area (TPSA) is 30.9 Å². The minimum Gasteiger partial charge on any atom is -0.493 e. The molecular formula is C24H30FNO3. The van der Waals surface area contributed by atoms with Crippen LogP contribution in [-0.2, 0) is 0 Å². The standard InChI is InChI=1S/C24H30FNO3/c1-2-3-4-12-26-13-11-22(18-5-7-20(25)8-6-18)19(15-26)16-27-21-9-10-23-24(14-21)29-17-28-23/h5-10,14,19,22H,2-4,11-13,15-17H2,1H3/t19-,22-/m1/s1. The molecule has 4 nitrogen and oxygen atoms in total. The number of benzene rings is 2. The van der Waals surface area contributed by atoms with Crippen LogP contribution in [0, 0.1) is 11.7 Å². The molecule has 0 saturated carbocycles. The zero-order valence-corrected chi connectivity index (χ0v) is 17.1. The molecule has 2 aliphatic rings. The molecule has 29 heavy (non-hydrogen) atoms. The van der Waals surface area contributed by atoms with Crippen molar-refractivity contribution in [2.75, 3.05) is 33.0 Å². The monoisotopic (exact) mass is 399 g/mol. The smallest absolute Gasteiger partial charge is 0.231 e. The average Bonchev–Trinajstić information content (AvgIpc) is 3.21. The molecule has 0 aromatic heterocycles. The summed E-state index contributed by atoms with van der Waals surface area (Å²) >= 11 is 0. The Morgan fingerprint density at radius 1 is 1.07 bits per heavy atom. The predicted molar refractivity (Wildman–Crippen MR) is 111 cm³/mol. The van der Waals surface area contributed by atoms with Gasteiger partial charge in [0, 0.05) is 18.5 Å². The Labute approximate surface area is 172 Å². The molecule has 0 aliphatic carbocycles. The van der Waals surface area contributed by atoms with Gasteiger partial charge in [-0.3, -0.25) is 0 Å². The molecule has 2 aromatic rings. The van der Waals surface area contributed by atoms with E-state index in [4.69, 9.17) is 14.2 Å². The van der Waals surface area contributed by atoms with Crippen molar-refractivity contribution in [2.45, 2.75) is 38.5 Å². The quantitative estimate of drug-likeness (QED) is 0.569. The summed E-state index contributed by atoms with van der Waals surface area (Å²) in [4.78, 5) is 2.56. The normalized spacial score (nSPS) is 21.3. The predicted octanol–water partition coefficient (Wildman–Crippen LogP) is 5.23. The van der Waals surface area contributed by atoms with Crippen LogP contribution in [0.3, 0.4) is 0 Å². The second-order valence-electron chi connectivity index (χ2n) is 8.04. The van der Waals surface area contributed by atoms with Crippen LogP contribution in [0.15, 0.2) is 42.5 Å². The fourth-order valence-electron chi connectivity index (χ4n) is 4.38.